The lowest BCUT2D eigenvalue weighted by molar-refractivity contribution is 0.0502. The van der Waals surface area contributed by atoms with Crippen LogP contribution in [-0.4, -0.2) is 32.9 Å². The number of hydrogen-bond acceptors (Lipinski definition) is 5. The summed E-state index contributed by atoms with van der Waals surface area (Å²) < 4.78 is 5.30. The smallest absolute Gasteiger partial charge is 0.407 e. The Morgan fingerprint density at radius 1 is 1.46 bits per heavy atom. The van der Waals surface area contributed by atoms with Crippen LogP contribution in [0, 0.1) is 0 Å². The van der Waals surface area contributed by atoms with E-state index in [1.807, 2.05) is 33.0 Å². The zero-order valence-electron chi connectivity index (χ0n) is 14.2. The monoisotopic (exact) mass is 329 g/mol. The van der Waals surface area contributed by atoms with Crippen LogP contribution in [0.5, 0.6) is 0 Å². The molecule has 2 aromatic rings. The van der Waals surface area contributed by atoms with Crippen molar-refractivity contribution in [3.05, 3.63) is 23.9 Å². The van der Waals surface area contributed by atoms with E-state index in [1.54, 1.807) is 0 Å². The quantitative estimate of drug-likeness (QED) is 0.785. The zero-order chi connectivity index (χ0) is 17.3. The highest BCUT2D eigenvalue weighted by Gasteiger charge is 2.21. The van der Waals surface area contributed by atoms with Crippen molar-refractivity contribution in [2.45, 2.75) is 51.7 Å². The van der Waals surface area contributed by atoms with Gasteiger partial charge in [-0.05, 0) is 57.2 Å². The number of pyridine rings is 1. The van der Waals surface area contributed by atoms with Gasteiger partial charge in [-0.1, -0.05) is 6.08 Å². The Kier molecular flexibility index (Phi) is 4.17. The molecule has 7 nitrogen and oxygen atoms in total. The molecule has 7 heteroatoms. The molecule has 1 aliphatic rings. The third-order valence-corrected chi connectivity index (χ3v) is 3.94. The Balaban J connectivity index is 1.66. The Bertz CT molecular complexity index is 788. The summed E-state index contributed by atoms with van der Waals surface area (Å²) in [6, 6.07) is 2.11. The second kappa shape index (κ2) is 6.14. The molecule has 0 spiro atoms. The molecule has 24 heavy (non-hydrogen) atoms. The molecule has 4 N–H and O–H groups in total. The number of alkyl carbamates (subject to hydrolysis) is 1. The maximum Gasteiger partial charge on any atom is 0.407 e. The number of H-pyrrole nitrogens is 1. The van der Waals surface area contributed by atoms with E-state index >= 15 is 0 Å². The highest BCUT2D eigenvalue weighted by atomic mass is 16.6. The molecule has 3 rings (SSSR count). The molecule has 128 valence electrons. The second-order valence-corrected chi connectivity index (χ2v) is 7.08. The predicted molar refractivity (Wildman–Crippen MR) is 93.3 cm³/mol. The molecule has 1 atom stereocenters. The highest BCUT2D eigenvalue weighted by molar-refractivity contribution is 5.88. The Labute approximate surface area is 140 Å². The van der Waals surface area contributed by atoms with Crippen LogP contribution in [0.3, 0.4) is 0 Å². The van der Waals surface area contributed by atoms with Gasteiger partial charge in [0, 0.05) is 12.2 Å². The fourth-order valence-electron chi connectivity index (χ4n) is 2.80. The molecule has 2 heterocycles. The number of fused-ring (bicyclic) bond motifs is 1. The van der Waals surface area contributed by atoms with Crippen molar-refractivity contribution in [3.63, 3.8) is 0 Å². The average Bonchev–Trinajstić information content (AvgIpc) is 2.87. The molecular formula is C17H23N5O2. The number of carbonyl (C=O) groups excluding carboxylic acids is 1. The summed E-state index contributed by atoms with van der Waals surface area (Å²) in [7, 11) is 0. The standard InChI is InChI=1S/C17H23N5O2/c1-17(2,3)24-16(23)20-12-6-4-10(5-7-12)11-8-13-14(18)21-22-15(13)19-9-11/h4,8-9,12H,5-7H2,1-3H3,(H,20,23)(H3,18,19,21,22). The predicted octanol–water partition coefficient (Wildman–Crippen LogP) is 3.00. The van der Waals surface area contributed by atoms with Crippen molar-refractivity contribution in [1.82, 2.24) is 20.5 Å². The first kappa shape index (κ1) is 16.3. The second-order valence-electron chi connectivity index (χ2n) is 7.08. The molecule has 0 saturated heterocycles. The highest BCUT2D eigenvalue weighted by Crippen LogP contribution is 2.29. The number of aromatic nitrogens is 3. The Morgan fingerprint density at radius 3 is 2.92 bits per heavy atom. The average molecular weight is 329 g/mol. The van der Waals surface area contributed by atoms with Gasteiger partial charge < -0.3 is 15.8 Å². The molecule has 0 saturated carbocycles. The molecule has 0 radical (unpaired) electrons. The first-order valence-electron chi connectivity index (χ1n) is 8.10. The van der Waals surface area contributed by atoms with Crippen LogP contribution in [0.4, 0.5) is 10.6 Å². The minimum Gasteiger partial charge on any atom is -0.444 e. The van der Waals surface area contributed by atoms with E-state index in [-0.39, 0.29) is 12.1 Å². The number of nitrogens with one attached hydrogen (secondary N) is 2. The number of carbonyl (C=O) groups is 1. The van der Waals surface area contributed by atoms with Crippen LogP contribution >= 0.6 is 0 Å². The minimum absolute atomic E-state index is 0.0966. The number of hydrogen-bond donors (Lipinski definition) is 3. The van der Waals surface area contributed by atoms with Gasteiger partial charge in [-0.2, -0.15) is 5.10 Å². The molecule has 1 aliphatic carbocycles. The van der Waals surface area contributed by atoms with Gasteiger partial charge in [0.05, 0.1) is 5.39 Å². The number of nitrogens with two attached hydrogens (primary N) is 1. The van der Waals surface area contributed by atoms with E-state index in [9.17, 15) is 4.79 Å². The molecule has 2 aromatic heterocycles. The summed E-state index contributed by atoms with van der Waals surface area (Å²) in [5, 5.41) is 10.5. The maximum absolute atomic E-state index is 11.8. The Morgan fingerprint density at radius 2 is 2.25 bits per heavy atom. The van der Waals surface area contributed by atoms with Crippen LogP contribution in [-0.2, 0) is 4.74 Å². The number of nitrogens with zero attached hydrogens (tertiary/aromatic N) is 2. The SMILES string of the molecule is CC(C)(C)OC(=O)NC1CC=C(c2cnc3n[nH]c(N)c3c2)CC1. The third kappa shape index (κ3) is 3.67. The van der Waals surface area contributed by atoms with E-state index < -0.39 is 5.60 Å². The van der Waals surface area contributed by atoms with Gasteiger partial charge >= 0.3 is 6.09 Å². The van der Waals surface area contributed by atoms with Crippen LogP contribution in [0.2, 0.25) is 0 Å². The van der Waals surface area contributed by atoms with E-state index in [4.69, 9.17) is 10.5 Å². The number of ether oxygens (including phenoxy) is 1. The molecule has 0 bridgehead atoms. The normalized spacial score (nSPS) is 18.3. The van der Waals surface area contributed by atoms with Gasteiger partial charge in [0.25, 0.3) is 0 Å². The lowest BCUT2D eigenvalue weighted by Gasteiger charge is -2.25. The summed E-state index contributed by atoms with van der Waals surface area (Å²) in [5.41, 5.74) is 8.27. The van der Waals surface area contributed by atoms with Crippen LogP contribution < -0.4 is 11.1 Å². The van der Waals surface area contributed by atoms with Crippen molar-refractivity contribution in [2.24, 2.45) is 0 Å². The van der Waals surface area contributed by atoms with Crippen LogP contribution in [0.25, 0.3) is 16.6 Å². The first-order chi connectivity index (χ1) is 11.3. The van der Waals surface area contributed by atoms with Gasteiger partial charge in [-0.15, -0.1) is 0 Å². The zero-order valence-corrected chi connectivity index (χ0v) is 14.2. The van der Waals surface area contributed by atoms with Crippen molar-refractivity contribution in [1.29, 1.82) is 0 Å². The van der Waals surface area contributed by atoms with Gasteiger partial charge in [-0.3, -0.25) is 5.10 Å². The molecule has 0 aromatic carbocycles. The molecule has 1 amide bonds. The Hall–Kier alpha value is -2.57. The van der Waals surface area contributed by atoms with Crippen molar-refractivity contribution in [3.8, 4) is 0 Å². The summed E-state index contributed by atoms with van der Waals surface area (Å²) in [4.78, 5) is 16.2. The van der Waals surface area contributed by atoms with E-state index in [1.165, 1.54) is 5.57 Å². The summed E-state index contributed by atoms with van der Waals surface area (Å²) in [6.07, 6.45) is 6.10. The summed E-state index contributed by atoms with van der Waals surface area (Å²) >= 11 is 0. The number of aromatic amines is 1. The van der Waals surface area contributed by atoms with Gasteiger partial charge in [-0.25, -0.2) is 9.78 Å². The number of amides is 1. The molecule has 0 aliphatic heterocycles. The van der Waals surface area contributed by atoms with Gasteiger partial charge in [0.1, 0.15) is 11.4 Å². The van der Waals surface area contributed by atoms with Crippen molar-refractivity contribution < 1.29 is 9.53 Å². The number of rotatable bonds is 2. The number of allylic oxidation sites excluding steroid dienone is 1. The fraction of sp³-hybridized carbons (Fsp3) is 0.471. The van der Waals surface area contributed by atoms with Crippen molar-refractivity contribution >= 4 is 28.5 Å². The lowest BCUT2D eigenvalue weighted by atomic mass is 9.91. The number of anilines is 1. The molecule has 1 unspecified atom stereocenters. The number of nitrogen functional groups attached to an aromatic ring is 1. The topological polar surface area (TPSA) is 106 Å². The molecule has 0 fully saturated rings. The summed E-state index contributed by atoms with van der Waals surface area (Å²) in [5.74, 6) is 0.528. The summed E-state index contributed by atoms with van der Waals surface area (Å²) in [6.45, 7) is 5.57. The van der Waals surface area contributed by atoms with Gasteiger partial charge in [0.2, 0.25) is 0 Å². The third-order valence-electron chi connectivity index (χ3n) is 3.94. The van der Waals surface area contributed by atoms with E-state index in [0.717, 1.165) is 30.2 Å². The fourth-order valence-corrected chi connectivity index (χ4v) is 2.80. The maximum atomic E-state index is 11.8. The van der Waals surface area contributed by atoms with Crippen molar-refractivity contribution in [2.75, 3.05) is 5.73 Å². The van der Waals surface area contributed by atoms with Crippen LogP contribution in [0.1, 0.15) is 45.6 Å². The largest absolute Gasteiger partial charge is 0.444 e. The van der Waals surface area contributed by atoms with E-state index in [2.05, 4.69) is 26.6 Å². The van der Waals surface area contributed by atoms with Crippen LogP contribution in [0.15, 0.2) is 18.3 Å². The first-order valence-corrected chi connectivity index (χ1v) is 8.10. The van der Waals surface area contributed by atoms with Gasteiger partial charge in [0.15, 0.2) is 5.65 Å². The lowest BCUT2D eigenvalue weighted by Crippen LogP contribution is -2.39. The minimum atomic E-state index is -0.481. The van der Waals surface area contributed by atoms with E-state index in [0.29, 0.717) is 11.5 Å². The molecular weight excluding hydrogens is 306 g/mol.